The summed E-state index contributed by atoms with van der Waals surface area (Å²) in [5, 5.41) is 10.4. The molecule has 4 nitrogen and oxygen atoms in total. The van der Waals surface area contributed by atoms with Crippen LogP contribution in [0.4, 0.5) is 17.2 Å². The molecule has 0 bridgehead atoms. The largest absolute Gasteiger partial charge is 0.507 e. The van der Waals surface area contributed by atoms with E-state index in [1.54, 1.807) is 6.07 Å². The quantitative estimate of drug-likeness (QED) is 0.222. The van der Waals surface area contributed by atoms with Crippen LogP contribution in [0.25, 0.3) is 22.5 Å². The van der Waals surface area contributed by atoms with Gasteiger partial charge in [0.15, 0.2) is 0 Å². The van der Waals surface area contributed by atoms with Crippen LogP contribution in [0.15, 0.2) is 146 Å². The van der Waals surface area contributed by atoms with Crippen molar-refractivity contribution in [2.45, 2.75) is 19.3 Å². The fourth-order valence-electron chi connectivity index (χ4n) is 5.14. The number of benzene rings is 4. The van der Waals surface area contributed by atoms with E-state index in [0.717, 1.165) is 39.7 Å². The van der Waals surface area contributed by atoms with Gasteiger partial charge in [-0.1, -0.05) is 98.8 Å². The maximum Gasteiger partial charge on any atom is 0.137 e. The average molecular weight is 534 g/mol. The average Bonchev–Trinajstić information content (AvgIpc) is 3.03. The predicted octanol–water partition coefficient (Wildman–Crippen LogP) is 9.31. The fourth-order valence-corrected chi connectivity index (χ4v) is 5.14. The fraction of sp³-hybridized carbons (Fsp3) is 0.0811. The van der Waals surface area contributed by atoms with Gasteiger partial charge in [-0.3, -0.25) is 4.90 Å². The van der Waals surface area contributed by atoms with Crippen molar-refractivity contribution >= 4 is 17.2 Å². The summed E-state index contributed by atoms with van der Waals surface area (Å²) in [6.07, 6.45) is 1.99. The molecule has 0 spiro atoms. The maximum absolute atomic E-state index is 10.4. The third-order valence-corrected chi connectivity index (χ3v) is 7.54. The lowest BCUT2D eigenvalue weighted by Gasteiger charge is -2.28. The first kappa shape index (κ1) is 26.0. The maximum atomic E-state index is 10.4. The molecule has 2 heterocycles. The third kappa shape index (κ3) is 5.32. The number of phenolic OH excluding ortho intramolecular Hbond substituents is 1. The zero-order valence-electron chi connectivity index (χ0n) is 23.1. The van der Waals surface area contributed by atoms with Gasteiger partial charge in [0.1, 0.15) is 11.6 Å². The van der Waals surface area contributed by atoms with Gasteiger partial charge in [-0.25, -0.2) is 9.97 Å². The Bertz CT molecular complexity index is 1760. The molecule has 0 amide bonds. The van der Waals surface area contributed by atoms with E-state index in [4.69, 9.17) is 9.97 Å². The SMILES string of the molecule is CC(C)(c1ccccc1)c1ccc(N(c2ccccc2)c2cccc(-c3cccc(-c4ccccc4O)n3)c2)nc1. The van der Waals surface area contributed by atoms with Gasteiger partial charge in [0.25, 0.3) is 0 Å². The summed E-state index contributed by atoms with van der Waals surface area (Å²) < 4.78 is 0. The van der Waals surface area contributed by atoms with Crippen molar-refractivity contribution in [3.63, 3.8) is 0 Å². The Kier molecular flexibility index (Phi) is 7.05. The summed E-state index contributed by atoms with van der Waals surface area (Å²) in [6, 6.07) is 46.6. The number of aromatic nitrogens is 2. The normalized spacial score (nSPS) is 11.3. The Morgan fingerprint density at radius 2 is 1.24 bits per heavy atom. The first-order chi connectivity index (χ1) is 20.0. The molecule has 0 saturated carbocycles. The van der Waals surface area contributed by atoms with Crippen LogP contribution >= 0.6 is 0 Å². The van der Waals surface area contributed by atoms with Crippen LogP contribution in [-0.2, 0) is 5.41 Å². The molecule has 6 aromatic rings. The lowest BCUT2D eigenvalue weighted by molar-refractivity contribution is 0.477. The molecule has 4 heteroatoms. The number of nitrogens with zero attached hydrogens (tertiary/aromatic N) is 3. The Balaban J connectivity index is 1.39. The highest BCUT2D eigenvalue weighted by atomic mass is 16.3. The van der Waals surface area contributed by atoms with E-state index in [9.17, 15) is 5.11 Å². The summed E-state index contributed by atoms with van der Waals surface area (Å²) in [7, 11) is 0. The molecular weight excluding hydrogens is 502 g/mol. The van der Waals surface area contributed by atoms with E-state index in [-0.39, 0.29) is 11.2 Å². The number of para-hydroxylation sites is 2. The van der Waals surface area contributed by atoms with Crippen LogP contribution in [0.5, 0.6) is 5.75 Å². The number of phenols is 1. The Morgan fingerprint density at radius 3 is 1.98 bits per heavy atom. The molecule has 1 N–H and O–H groups in total. The molecule has 41 heavy (non-hydrogen) atoms. The molecule has 0 atom stereocenters. The van der Waals surface area contributed by atoms with Crippen molar-refractivity contribution in [1.82, 2.24) is 9.97 Å². The molecule has 200 valence electrons. The van der Waals surface area contributed by atoms with Crippen LogP contribution < -0.4 is 4.90 Å². The smallest absolute Gasteiger partial charge is 0.137 e. The highest BCUT2D eigenvalue weighted by molar-refractivity contribution is 5.78. The second-order valence-corrected chi connectivity index (χ2v) is 10.5. The van der Waals surface area contributed by atoms with Gasteiger partial charge in [-0.15, -0.1) is 0 Å². The van der Waals surface area contributed by atoms with Crippen molar-refractivity contribution in [2.24, 2.45) is 0 Å². The van der Waals surface area contributed by atoms with Gasteiger partial charge in [0.2, 0.25) is 0 Å². The number of pyridine rings is 2. The first-order valence-corrected chi connectivity index (χ1v) is 13.7. The highest BCUT2D eigenvalue weighted by Gasteiger charge is 2.24. The lowest BCUT2D eigenvalue weighted by Crippen LogP contribution is -2.19. The van der Waals surface area contributed by atoms with E-state index >= 15 is 0 Å². The van der Waals surface area contributed by atoms with Gasteiger partial charge >= 0.3 is 0 Å². The van der Waals surface area contributed by atoms with E-state index in [0.29, 0.717) is 5.56 Å². The number of aromatic hydroxyl groups is 1. The minimum absolute atomic E-state index is 0.172. The van der Waals surface area contributed by atoms with E-state index in [1.165, 1.54) is 5.56 Å². The minimum atomic E-state index is -0.172. The number of hydrogen-bond donors (Lipinski definition) is 1. The third-order valence-electron chi connectivity index (χ3n) is 7.54. The van der Waals surface area contributed by atoms with Crippen LogP contribution in [0.3, 0.4) is 0 Å². The standard InChI is InChI=1S/C37H31N3O/c1-37(2,28-14-5-3-6-15-28)29-23-24-36(38-26-29)40(30-16-7-4-8-17-30)31-18-11-13-27(25-31)33-20-12-21-34(39-33)32-19-9-10-22-35(32)41/h3-26,41H,1-2H3. The summed E-state index contributed by atoms with van der Waals surface area (Å²) in [4.78, 5) is 12.0. The Morgan fingerprint density at radius 1 is 0.585 bits per heavy atom. The Labute approximate surface area is 241 Å². The van der Waals surface area contributed by atoms with Gasteiger partial charge < -0.3 is 5.11 Å². The predicted molar refractivity (Wildman–Crippen MR) is 168 cm³/mol. The number of rotatable bonds is 7. The van der Waals surface area contributed by atoms with Crippen molar-refractivity contribution < 1.29 is 5.11 Å². The molecule has 0 radical (unpaired) electrons. The first-order valence-electron chi connectivity index (χ1n) is 13.7. The zero-order chi connectivity index (χ0) is 28.2. The second-order valence-electron chi connectivity index (χ2n) is 10.5. The molecule has 0 aliphatic rings. The molecule has 0 fully saturated rings. The second kappa shape index (κ2) is 11.1. The van der Waals surface area contributed by atoms with Crippen molar-refractivity contribution in [1.29, 1.82) is 0 Å². The molecule has 0 unspecified atom stereocenters. The van der Waals surface area contributed by atoms with Gasteiger partial charge in [-0.2, -0.15) is 0 Å². The molecule has 0 aliphatic carbocycles. The molecular formula is C37H31N3O. The molecule has 0 aliphatic heterocycles. The van der Waals surface area contributed by atoms with Crippen LogP contribution in [-0.4, -0.2) is 15.1 Å². The summed E-state index contributed by atoms with van der Waals surface area (Å²) in [5.74, 6) is 1.04. The van der Waals surface area contributed by atoms with Gasteiger partial charge in [0.05, 0.1) is 11.4 Å². The summed E-state index contributed by atoms with van der Waals surface area (Å²) in [5.41, 5.74) is 7.46. The van der Waals surface area contributed by atoms with Crippen molar-refractivity contribution in [3.05, 3.63) is 157 Å². The molecule has 4 aromatic carbocycles. The zero-order valence-corrected chi connectivity index (χ0v) is 23.1. The van der Waals surface area contributed by atoms with Crippen LogP contribution in [0, 0.1) is 0 Å². The Hall–Kier alpha value is -5.22. The number of anilines is 3. The topological polar surface area (TPSA) is 49.2 Å². The van der Waals surface area contributed by atoms with Crippen LogP contribution in [0.1, 0.15) is 25.0 Å². The van der Waals surface area contributed by atoms with Gasteiger partial charge in [0, 0.05) is 34.1 Å². The number of hydrogen-bond acceptors (Lipinski definition) is 4. The van der Waals surface area contributed by atoms with Crippen molar-refractivity contribution in [3.8, 4) is 28.3 Å². The lowest BCUT2D eigenvalue weighted by atomic mass is 9.79. The molecule has 0 saturated heterocycles. The van der Waals surface area contributed by atoms with E-state index < -0.39 is 0 Å². The van der Waals surface area contributed by atoms with Gasteiger partial charge in [-0.05, 0) is 65.7 Å². The van der Waals surface area contributed by atoms with E-state index in [2.05, 4.69) is 85.5 Å². The minimum Gasteiger partial charge on any atom is -0.507 e. The molecule has 6 rings (SSSR count). The summed E-state index contributed by atoms with van der Waals surface area (Å²) in [6.45, 7) is 4.46. The van der Waals surface area contributed by atoms with Crippen LogP contribution in [0.2, 0.25) is 0 Å². The summed E-state index contributed by atoms with van der Waals surface area (Å²) >= 11 is 0. The van der Waals surface area contributed by atoms with E-state index in [1.807, 2.05) is 72.9 Å². The monoisotopic (exact) mass is 533 g/mol. The van der Waals surface area contributed by atoms with Crippen molar-refractivity contribution in [2.75, 3.05) is 4.90 Å². The highest BCUT2D eigenvalue weighted by Crippen LogP contribution is 2.37. The molecule has 2 aromatic heterocycles.